The summed E-state index contributed by atoms with van der Waals surface area (Å²) < 4.78 is 5.55. The fraction of sp³-hybridized carbons (Fsp3) is 0.500. The third-order valence-electron chi connectivity index (χ3n) is 5.75. The first-order valence-corrected chi connectivity index (χ1v) is 11.8. The van der Waals surface area contributed by atoms with Gasteiger partial charge in [0.15, 0.2) is 5.96 Å². The Labute approximate surface area is 211 Å². The van der Waals surface area contributed by atoms with Crippen molar-refractivity contribution in [1.82, 2.24) is 15.5 Å². The van der Waals surface area contributed by atoms with Gasteiger partial charge in [-0.05, 0) is 36.1 Å². The molecular weight excluding hydrogens is 545 g/mol. The van der Waals surface area contributed by atoms with Crippen molar-refractivity contribution in [3.63, 3.8) is 0 Å². The van der Waals surface area contributed by atoms with Gasteiger partial charge in [0.25, 0.3) is 0 Å². The number of rotatable bonds is 6. The van der Waals surface area contributed by atoms with Crippen LogP contribution < -0.4 is 15.5 Å². The lowest BCUT2D eigenvalue weighted by molar-refractivity contribution is 0.0177. The average Bonchev–Trinajstić information content (AvgIpc) is 3.46. The summed E-state index contributed by atoms with van der Waals surface area (Å²) >= 11 is 7.98. The van der Waals surface area contributed by atoms with Crippen LogP contribution in [0.15, 0.2) is 46.8 Å². The second-order valence-electron chi connectivity index (χ2n) is 7.69. The first kappa shape index (κ1) is 24.6. The van der Waals surface area contributed by atoms with Crippen molar-refractivity contribution in [2.75, 3.05) is 57.9 Å². The molecule has 31 heavy (non-hydrogen) atoms. The largest absolute Gasteiger partial charge is 0.379 e. The highest BCUT2D eigenvalue weighted by Crippen LogP contribution is 2.26. The third kappa shape index (κ3) is 6.71. The monoisotopic (exact) mass is 575 g/mol. The zero-order valence-electron chi connectivity index (χ0n) is 17.8. The number of nitrogens with one attached hydrogen (secondary N) is 2. The van der Waals surface area contributed by atoms with Gasteiger partial charge in [-0.25, -0.2) is 0 Å². The highest BCUT2D eigenvalue weighted by molar-refractivity contribution is 14.0. The number of anilines is 1. The summed E-state index contributed by atoms with van der Waals surface area (Å²) in [6, 6.07) is 13.1. The van der Waals surface area contributed by atoms with Crippen molar-refractivity contribution in [2.45, 2.75) is 18.5 Å². The average molecular weight is 576 g/mol. The molecule has 2 aliphatic rings. The summed E-state index contributed by atoms with van der Waals surface area (Å²) in [5.41, 5.74) is 1.18. The van der Waals surface area contributed by atoms with E-state index < -0.39 is 0 Å². The van der Waals surface area contributed by atoms with Gasteiger partial charge in [-0.15, -0.1) is 35.3 Å². The molecule has 2 aromatic rings. The maximum absolute atomic E-state index is 6.16. The van der Waals surface area contributed by atoms with Gasteiger partial charge in [-0.1, -0.05) is 23.7 Å². The highest BCUT2D eigenvalue weighted by Gasteiger charge is 2.26. The Morgan fingerprint density at radius 3 is 2.81 bits per heavy atom. The number of hydrogen-bond acceptors (Lipinski definition) is 5. The molecule has 3 heterocycles. The normalized spacial score (nSPS) is 20.9. The Morgan fingerprint density at radius 1 is 1.26 bits per heavy atom. The molecule has 0 bridgehead atoms. The van der Waals surface area contributed by atoms with Gasteiger partial charge < -0.3 is 20.3 Å². The zero-order chi connectivity index (χ0) is 20.8. The van der Waals surface area contributed by atoms with E-state index in [0.717, 1.165) is 63.3 Å². The lowest BCUT2D eigenvalue weighted by Crippen LogP contribution is -2.48. The molecule has 0 amide bonds. The number of ether oxygens (including phenoxy) is 1. The van der Waals surface area contributed by atoms with Gasteiger partial charge in [0.1, 0.15) is 0 Å². The summed E-state index contributed by atoms with van der Waals surface area (Å²) in [6.07, 6.45) is 1.07. The van der Waals surface area contributed by atoms with Crippen LogP contribution in [0.2, 0.25) is 5.02 Å². The Balaban J connectivity index is 0.00000272. The zero-order valence-corrected chi connectivity index (χ0v) is 21.7. The second kappa shape index (κ2) is 12.2. The van der Waals surface area contributed by atoms with Crippen LogP contribution in [0.4, 0.5) is 5.69 Å². The fourth-order valence-electron chi connectivity index (χ4n) is 4.15. The van der Waals surface area contributed by atoms with E-state index in [1.54, 1.807) is 0 Å². The van der Waals surface area contributed by atoms with Crippen molar-refractivity contribution in [2.24, 2.45) is 4.99 Å². The number of halogens is 2. The summed E-state index contributed by atoms with van der Waals surface area (Å²) in [4.78, 5) is 10.7. The Morgan fingerprint density at radius 2 is 2.10 bits per heavy atom. The number of aliphatic imine (C=N–C) groups is 1. The molecule has 170 valence electrons. The van der Waals surface area contributed by atoms with E-state index in [0.29, 0.717) is 12.1 Å². The lowest BCUT2D eigenvalue weighted by Gasteiger charge is -2.34. The summed E-state index contributed by atoms with van der Waals surface area (Å²) in [6.45, 7) is 6.32. The molecule has 2 saturated heterocycles. The van der Waals surface area contributed by atoms with Crippen molar-refractivity contribution < 1.29 is 4.74 Å². The van der Waals surface area contributed by atoms with E-state index >= 15 is 0 Å². The molecule has 1 aromatic heterocycles. The summed E-state index contributed by atoms with van der Waals surface area (Å²) in [7, 11) is 1.84. The fourth-order valence-corrected chi connectivity index (χ4v) is 5.19. The van der Waals surface area contributed by atoms with Crippen molar-refractivity contribution in [1.29, 1.82) is 0 Å². The predicted octanol–water partition coefficient (Wildman–Crippen LogP) is 3.84. The van der Waals surface area contributed by atoms with E-state index in [1.807, 2.05) is 36.6 Å². The Bertz CT molecular complexity index is 831. The van der Waals surface area contributed by atoms with E-state index in [1.165, 1.54) is 10.6 Å². The molecular formula is C22H31ClIN5OS. The van der Waals surface area contributed by atoms with E-state index in [2.05, 4.69) is 49.0 Å². The van der Waals surface area contributed by atoms with Crippen LogP contribution in [0, 0.1) is 0 Å². The van der Waals surface area contributed by atoms with Crippen LogP contribution in [0.25, 0.3) is 0 Å². The van der Waals surface area contributed by atoms with Crippen LogP contribution in [0.3, 0.4) is 0 Å². The molecule has 0 spiro atoms. The lowest BCUT2D eigenvalue weighted by atomic mass is 10.2. The minimum absolute atomic E-state index is 0. The molecule has 2 fully saturated rings. The van der Waals surface area contributed by atoms with Gasteiger partial charge in [0, 0.05) is 61.4 Å². The quantitative estimate of drug-likeness (QED) is 0.312. The number of guanidine groups is 1. The molecule has 0 aliphatic carbocycles. The molecule has 2 aliphatic heterocycles. The Kier molecular flexibility index (Phi) is 9.71. The second-order valence-corrected chi connectivity index (χ2v) is 9.10. The standard InChI is InChI=1S/C22H30ClN5OS.HI/c1-24-22(26-18-7-8-28(16-18)19-5-2-4-17(23)14-19)25-15-20(21-6-3-13-30-21)27-9-11-29-12-10-27;/h2-6,13-14,18,20H,7-12,15-16H2,1H3,(H2,24,25,26);1H. The minimum Gasteiger partial charge on any atom is -0.379 e. The maximum Gasteiger partial charge on any atom is 0.191 e. The number of hydrogen-bond donors (Lipinski definition) is 2. The van der Waals surface area contributed by atoms with E-state index in [4.69, 9.17) is 16.3 Å². The van der Waals surface area contributed by atoms with Gasteiger partial charge in [-0.3, -0.25) is 9.89 Å². The first-order valence-electron chi connectivity index (χ1n) is 10.6. The molecule has 2 unspecified atom stereocenters. The predicted molar refractivity (Wildman–Crippen MR) is 141 cm³/mol. The number of thiophene rings is 1. The number of benzene rings is 1. The molecule has 0 radical (unpaired) electrons. The highest BCUT2D eigenvalue weighted by atomic mass is 127. The van der Waals surface area contributed by atoms with Crippen LogP contribution in [-0.4, -0.2) is 69.9 Å². The van der Waals surface area contributed by atoms with Gasteiger partial charge in [0.05, 0.1) is 19.3 Å². The molecule has 1 aromatic carbocycles. The van der Waals surface area contributed by atoms with Crippen LogP contribution in [0.1, 0.15) is 17.3 Å². The molecule has 2 atom stereocenters. The van der Waals surface area contributed by atoms with E-state index in [-0.39, 0.29) is 24.0 Å². The molecule has 9 heteroatoms. The molecule has 4 rings (SSSR count). The summed E-state index contributed by atoms with van der Waals surface area (Å²) in [5, 5.41) is 10.1. The maximum atomic E-state index is 6.16. The van der Waals surface area contributed by atoms with Crippen LogP contribution >= 0.6 is 46.9 Å². The summed E-state index contributed by atoms with van der Waals surface area (Å²) in [5.74, 6) is 0.864. The van der Waals surface area contributed by atoms with Gasteiger partial charge >= 0.3 is 0 Å². The van der Waals surface area contributed by atoms with Crippen molar-refractivity contribution in [3.05, 3.63) is 51.7 Å². The first-order chi connectivity index (χ1) is 14.7. The van der Waals surface area contributed by atoms with E-state index in [9.17, 15) is 0 Å². The topological polar surface area (TPSA) is 52.1 Å². The van der Waals surface area contributed by atoms with Crippen molar-refractivity contribution in [3.8, 4) is 0 Å². The van der Waals surface area contributed by atoms with Crippen molar-refractivity contribution >= 4 is 58.6 Å². The Hall–Kier alpha value is -1.07. The van der Waals surface area contributed by atoms with Crippen LogP contribution in [0.5, 0.6) is 0 Å². The number of nitrogens with zero attached hydrogens (tertiary/aromatic N) is 3. The van der Waals surface area contributed by atoms with Gasteiger partial charge in [-0.2, -0.15) is 0 Å². The van der Waals surface area contributed by atoms with Crippen LogP contribution in [-0.2, 0) is 4.74 Å². The SMILES string of the molecule is CN=C(NCC(c1cccs1)N1CCOCC1)NC1CCN(c2cccc(Cl)c2)C1.I. The van der Waals surface area contributed by atoms with Gasteiger partial charge in [0.2, 0.25) is 0 Å². The molecule has 6 nitrogen and oxygen atoms in total. The molecule has 2 N–H and O–H groups in total. The minimum atomic E-state index is 0. The third-order valence-corrected chi connectivity index (χ3v) is 6.96. The molecule has 0 saturated carbocycles. The number of morpholine rings is 1. The smallest absolute Gasteiger partial charge is 0.191 e.